The van der Waals surface area contributed by atoms with Crippen LogP contribution in [0.25, 0.3) is 10.8 Å². The van der Waals surface area contributed by atoms with Crippen molar-refractivity contribution in [3.63, 3.8) is 0 Å². The van der Waals surface area contributed by atoms with E-state index < -0.39 is 10.0 Å². The van der Waals surface area contributed by atoms with Crippen molar-refractivity contribution in [3.05, 3.63) is 72.3 Å². The van der Waals surface area contributed by atoms with Crippen molar-refractivity contribution in [2.24, 2.45) is 5.92 Å². The van der Waals surface area contributed by atoms with Gasteiger partial charge in [-0.05, 0) is 59.9 Å². The monoisotopic (exact) mass is 438 g/mol. The Bertz CT molecular complexity index is 1180. The zero-order valence-electron chi connectivity index (χ0n) is 17.2. The summed E-state index contributed by atoms with van der Waals surface area (Å²) in [5, 5.41) is 14.3. The predicted octanol–water partition coefficient (Wildman–Crippen LogP) is 3.31. The lowest BCUT2D eigenvalue weighted by atomic mass is 9.97. The molecule has 1 heterocycles. The highest BCUT2D eigenvalue weighted by molar-refractivity contribution is 7.89. The van der Waals surface area contributed by atoms with Crippen molar-refractivity contribution in [2.75, 3.05) is 19.6 Å². The number of sulfonamides is 1. The molecule has 0 aromatic heterocycles. The predicted molar refractivity (Wildman–Crippen MR) is 120 cm³/mol. The van der Waals surface area contributed by atoms with Gasteiger partial charge in [0.05, 0.1) is 4.90 Å². The first-order valence-corrected chi connectivity index (χ1v) is 11.9. The molecule has 0 saturated carbocycles. The quantitative estimate of drug-likeness (QED) is 0.618. The molecular formula is C24H26N2O4S. The number of nitrogens with one attached hydrogen (secondary N) is 1. The van der Waals surface area contributed by atoms with Crippen molar-refractivity contribution in [2.45, 2.75) is 24.2 Å². The summed E-state index contributed by atoms with van der Waals surface area (Å²) in [4.78, 5) is 12.8. The normalized spacial score (nSPS) is 15.7. The number of carbonyl (C=O) groups is 1. The van der Waals surface area contributed by atoms with Gasteiger partial charge in [0, 0.05) is 25.6 Å². The van der Waals surface area contributed by atoms with Gasteiger partial charge in [-0.25, -0.2) is 8.42 Å². The van der Waals surface area contributed by atoms with Gasteiger partial charge in [0.15, 0.2) is 0 Å². The van der Waals surface area contributed by atoms with E-state index >= 15 is 0 Å². The zero-order valence-corrected chi connectivity index (χ0v) is 18.0. The van der Waals surface area contributed by atoms with E-state index in [0.29, 0.717) is 43.8 Å². The lowest BCUT2D eigenvalue weighted by Gasteiger charge is -2.30. The highest BCUT2D eigenvalue weighted by atomic mass is 32.2. The maximum atomic E-state index is 13.1. The van der Waals surface area contributed by atoms with Crippen LogP contribution in [-0.2, 0) is 21.2 Å². The Morgan fingerprint density at radius 1 is 0.968 bits per heavy atom. The lowest BCUT2D eigenvalue weighted by molar-refractivity contribution is -0.126. The van der Waals surface area contributed by atoms with Gasteiger partial charge in [-0.3, -0.25) is 4.79 Å². The fourth-order valence-electron chi connectivity index (χ4n) is 4.02. The smallest absolute Gasteiger partial charge is 0.243 e. The van der Waals surface area contributed by atoms with E-state index in [2.05, 4.69) is 5.32 Å². The van der Waals surface area contributed by atoms with Crippen molar-refractivity contribution in [1.82, 2.24) is 9.62 Å². The number of piperidine rings is 1. The molecule has 1 saturated heterocycles. The third-order valence-corrected chi connectivity index (χ3v) is 7.70. The van der Waals surface area contributed by atoms with Crippen molar-refractivity contribution < 1.29 is 18.3 Å². The number of rotatable bonds is 6. The van der Waals surface area contributed by atoms with Crippen LogP contribution in [0.2, 0.25) is 0 Å². The molecule has 2 N–H and O–H groups in total. The maximum absolute atomic E-state index is 13.1. The minimum Gasteiger partial charge on any atom is -0.508 e. The van der Waals surface area contributed by atoms with Gasteiger partial charge in [0.1, 0.15) is 5.75 Å². The number of nitrogens with zero attached hydrogens (tertiary/aromatic N) is 1. The summed E-state index contributed by atoms with van der Waals surface area (Å²) in [6.07, 6.45) is 1.64. The second kappa shape index (κ2) is 9.08. The molecule has 1 aliphatic heterocycles. The molecule has 4 rings (SSSR count). The molecule has 0 radical (unpaired) electrons. The largest absolute Gasteiger partial charge is 0.508 e. The molecule has 3 aromatic rings. The summed E-state index contributed by atoms with van der Waals surface area (Å²) < 4.78 is 27.6. The second-order valence-electron chi connectivity index (χ2n) is 7.90. The molecule has 0 aliphatic carbocycles. The van der Waals surface area contributed by atoms with Crippen LogP contribution in [0.5, 0.6) is 5.75 Å². The minimum absolute atomic E-state index is 0.0390. The van der Waals surface area contributed by atoms with Gasteiger partial charge >= 0.3 is 0 Å². The Morgan fingerprint density at radius 3 is 2.45 bits per heavy atom. The molecule has 1 amide bonds. The first-order valence-electron chi connectivity index (χ1n) is 10.5. The van der Waals surface area contributed by atoms with Crippen LogP contribution in [0.1, 0.15) is 18.4 Å². The Kier molecular flexibility index (Phi) is 6.25. The van der Waals surface area contributed by atoms with E-state index in [1.54, 1.807) is 30.3 Å². The fraction of sp³-hybridized carbons (Fsp3) is 0.292. The third kappa shape index (κ3) is 4.89. The topological polar surface area (TPSA) is 86.7 Å². The number of amides is 1. The minimum atomic E-state index is -3.58. The van der Waals surface area contributed by atoms with E-state index in [-0.39, 0.29) is 17.6 Å². The summed E-state index contributed by atoms with van der Waals surface area (Å²) in [7, 11) is -3.58. The molecule has 0 unspecified atom stereocenters. The van der Waals surface area contributed by atoms with E-state index in [1.807, 2.05) is 36.4 Å². The molecule has 6 nitrogen and oxygen atoms in total. The highest BCUT2D eigenvalue weighted by Crippen LogP contribution is 2.26. The maximum Gasteiger partial charge on any atom is 0.243 e. The summed E-state index contributed by atoms with van der Waals surface area (Å²) >= 11 is 0. The van der Waals surface area contributed by atoms with Crippen LogP contribution in [0.3, 0.4) is 0 Å². The number of fused-ring (bicyclic) bond motifs is 1. The van der Waals surface area contributed by atoms with Gasteiger partial charge in [0.2, 0.25) is 15.9 Å². The van der Waals surface area contributed by atoms with Crippen LogP contribution >= 0.6 is 0 Å². The summed E-state index contributed by atoms with van der Waals surface area (Å²) in [6.45, 7) is 1.15. The van der Waals surface area contributed by atoms with Crippen LogP contribution < -0.4 is 5.32 Å². The average molecular weight is 439 g/mol. The van der Waals surface area contributed by atoms with Crippen LogP contribution in [0.15, 0.2) is 71.6 Å². The van der Waals surface area contributed by atoms with Gasteiger partial charge in [-0.1, -0.05) is 42.5 Å². The Hall–Kier alpha value is -2.90. The molecule has 7 heteroatoms. The second-order valence-corrected chi connectivity index (χ2v) is 9.84. The van der Waals surface area contributed by atoms with Gasteiger partial charge < -0.3 is 10.4 Å². The molecule has 3 aromatic carbocycles. The van der Waals surface area contributed by atoms with Crippen LogP contribution in [-0.4, -0.2) is 43.4 Å². The SMILES string of the molecule is O=C(NCCc1cccc(O)c1)C1CCN(S(=O)(=O)c2ccc3ccccc3c2)CC1. The number of phenolic OH excluding ortho intramolecular Hbond substituents is 1. The number of phenols is 1. The number of carbonyl (C=O) groups excluding carboxylic acids is 1. The van der Waals surface area contributed by atoms with Crippen LogP contribution in [0, 0.1) is 5.92 Å². The standard InChI is InChI=1S/C24H26N2O4S/c27-22-7-3-4-18(16-22)10-13-25-24(28)20-11-14-26(15-12-20)31(29,30)23-9-8-19-5-1-2-6-21(19)17-23/h1-9,16-17,20,27H,10-15H2,(H,25,28). The van der Waals surface area contributed by atoms with Gasteiger partial charge in [-0.2, -0.15) is 4.31 Å². The average Bonchev–Trinajstić information content (AvgIpc) is 2.79. The fourth-order valence-corrected chi connectivity index (χ4v) is 5.53. The third-order valence-electron chi connectivity index (χ3n) is 5.81. The number of hydrogen-bond donors (Lipinski definition) is 2. The molecule has 31 heavy (non-hydrogen) atoms. The first-order chi connectivity index (χ1) is 14.9. The summed E-state index contributed by atoms with van der Waals surface area (Å²) in [6, 6.07) is 19.8. The van der Waals surface area contributed by atoms with Gasteiger partial charge in [0.25, 0.3) is 0 Å². The molecule has 1 fully saturated rings. The Morgan fingerprint density at radius 2 is 1.71 bits per heavy atom. The van der Waals surface area contributed by atoms with Crippen molar-refractivity contribution in [3.8, 4) is 5.75 Å². The molecule has 0 bridgehead atoms. The summed E-state index contributed by atoms with van der Waals surface area (Å²) in [5.74, 6) is -0.0149. The molecule has 0 spiro atoms. The Labute approximate surface area is 182 Å². The van der Waals surface area contributed by atoms with Gasteiger partial charge in [-0.15, -0.1) is 0 Å². The first kappa shape index (κ1) is 21.3. The lowest BCUT2D eigenvalue weighted by Crippen LogP contribution is -2.43. The van der Waals surface area contributed by atoms with Crippen molar-refractivity contribution in [1.29, 1.82) is 0 Å². The van der Waals surface area contributed by atoms with E-state index in [9.17, 15) is 18.3 Å². The molecule has 0 atom stereocenters. The van der Waals surface area contributed by atoms with E-state index in [1.165, 1.54) is 4.31 Å². The van der Waals surface area contributed by atoms with Crippen LogP contribution in [0.4, 0.5) is 0 Å². The molecular weight excluding hydrogens is 412 g/mol. The summed E-state index contributed by atoms with van der Waals surface area (Å²) in [5.41, 5.74) is 0.955. The number of aromatic hydroxyl groups is 1. The zero-order chi connectivity index (χ0) is 21.8. The highest BCUT2D eigenvalue weighted by Gasteiger charge is 2.32. The number of benzene rings is 3. The number of hydrogen-bond acceptors (Lipinski definition) is 4. The van der Waals surface area contributed by atoms with E-state index in [4.69, 9.17) is 0 Å². The molecule has 162 valence electrons. The van der Waals surface area contributed by atoms with Crippen molar-refractivity contribution >= 4 is 26.7 Å². The molecule has 1 aliphatic rings. The van der Waals surface area contributed by atoms with E-state index in [0.717, 1.165) is 16.3 Å². The Balaban J connectivity index is 1.32.